The van der Waals surface area contributed by atoms with Crippen LogP contribution in [0.3, 0.4) is 0 Å². The highest BCUT2D eigenvalue weighted by molar-refractivity contribution is 7.80. The molecule has 1 aliphatic rings. The molecule has 0 saturated carbocycles. The average Bonchev–Trinajstić information content (AvgIpc) is 2.17. The first-order valence-electron chi connectivity index (χ1n) is 3.52. The predicted octanol–water partition coefficient (Wildman–Crippen LogP) is 2.29. The van der Waals surface area contributed by atoms with Crippen molar-refractivity contribution in [3.8, 4) is 0 Å². The molecule has 1 atom stereocenters. The Balaban J connectivity index is 2.22. The summed E-state index contributed by atoms with van der Waals surface area (Å²) in [5, 5.41) is 0.813. The van der Waals surface area contributed by atoms with E-state index in [1.54, 1.807) is 0 Å². The Morgan fingerprint density at radius 3 is 3.00 bits per heavy atom. The summed E-state index contributed by atoms with van der Waals surface area (Å²) in [6, 6.07) is 0. The van der Waals surface area contributed by atoms with Crippen LogP contribution in [0, 0.1) is 0 Å². The van der Waals surface area contributed by atoms with E-state index in [1.807, 2.05) is 0 Å². The topological polar surface area (TPSA) is 9.23 Å². The molecule has 1 unspecified atom stereocenters. The van der Waals surface area contributed by atoms with Gasteiger partial charge in [0, 0.05) is 6.42 Å². The maximum absolute atomic E-state index is 5.33. The van der Waals surface area contributed by atoms with Crippen molar-refractivity contribution in [3.63, 3.8) is 0 Å². The van der Waals surface area contributed by atoms with E-state index in [1.165, 1.54) is 12.8 Å². The van der Waals surface area contributed by atoms with Crippen LogP contribution in [0.1, 0.15) is 32.6 Å². The molecule has 9 heavy (non-hydrogen) atoms. The van der Waals surface area contributed by atoms with Crippen molar-refractivity contribution in [3.05, 3.63) is 0 Å². The number of rotatable bonds is 2. The predicted molar refractivity (Wildman–Crippen MR) is 41.6 cm³/mol. The van der Waals surface area contributed by atoms with Crippen LogP contribution in [0.2, 0.25) is 0 Å². The maximum atomic E-state index is 5.33. The summed E-state index contributed by atoms with van der Waals surface area (Å²) in [7, 11) is 0. The molecule has 0 bridgehead atoms. The SMILES string of the molecule is CCCC1CCC(=S)O1. The van der Waals surface area contributed by atoms with Crippen molar-refractivity contribution in [1.82, 2.24) is 0 Å². The molecule has 1 fully saturated rings. The highest BCUT2D eigenvalue weighted by Gasteiger charge is 2.18. The summed E-state index contributed by atoms with van der Waals surface area (Å²) < 4.78 is 5.33. The van der Waals surface area contributed by atoms with Gasteiger partial charge in [0.2, 0.25) is 0 Å². The Labute approximate surface area is 61.4 Å². The average molecular weight is 144 g/mol. The molecule has 0 aromatic carbocycles. The molecule has 0 aliphatic carbocycles. The number of ether oxygens (including phenoxy) is 1. The zero-order valence-corrected chi connectivity index (χ0v) is 6.54. The van der Waals surface area contributed by atoms with Crippen molar-refractivity contribution in [2.45, 2.75) is 38.7 Å². The molecule has 1 nitrogen and oxygen atoms in total. The highest BCUT2D eigenvalue weighted by atomic mass is 32.1. The molecule has 52 valence electrons. The minimum Gasteiger partial charge on any atom is -0.484 e. The molecule has 1 aliphatic heterocycles. The lowest BCUT2D eigenvalue weighted by molar-refractivity contribution is 0.211. The third-order valence-corrected chi connectivity index (χ3v) is 1.88. The minimum atomic E-state index is 0.447. The van der Waals surface area contributed by atoms with Gasteiger partial charge in [-0.3, -0.25) is 0 Å². The Kier molecular flexibility index (Phi) is 2.46. The van der Waals surface area contributed by atoms with Gasteiger partial charge >= 0.3 is 0 Å². The van der Waals surface area contributed by atoms with Crippen molar-refractivity contribution in [2.75, 3.05) is 0 Å². The van der Waals surface area contributed by atoms with Crippen molar-refractivity contribution in [1.29, 1.82) is 0 Å². The molecule has 0 N–H and O–H groups in total. The van der Waals surface area contributed by atoms with Gasteiger partial charge in [-0.25, -0.2) is 0 Å². The fourth-order valence-electron chi connectivity index (χ4n) is 1.11. The Morgan fingerprint density at radius 1 is 1.78 bits per heavy atom. The van der Waals surface area contributed by atoms with Crippen molar-refractivity contribution < 1.29 is 4.74 Å². The van der Waals surface area contributed by atoms with Crippen LogP contribution in [-0.2, 0) is 4.74 Å². The smallest absolute Gasteiger partial charge is 0.160 e. The molecule has 1 rings (SSSR count). The fraction of sp³-hybridized carbons (Fsp3) is 0.857. The Bertz CT molecular complexity index is 111. The first kappa shape index (κ1) is 7.00. The van der Waals surface area contributed by atoms with Gasteiger partial charge in [0.15, 0.2) is 5.05 Å². The number of hydrogen-bond acceptors (Lipinski definition) is 2. The van der Waals surface area contributed by atoms with E-state index in [0.717, 1.165) is 17.9 Å². The highest BCUT2D eigenvalue weighted by Crippen LogP contribution is 2.18. The molecule has 1 heterocycles. The molecule has 1 saturated heterocycles. The summed E-state index contributed by atoms with van der Waals surface area (Å²) >= 11 is 4.89. The van der Waals surface area contributed by atoms with E-state index in [-0.39, 0.29) is 0 Å². The van der Waals surface area contributed by atoms with Gasteiger partial charge in [-0.05, 0) is 25.1 Å². The van der Waals surface area contributed by atoms with Crippen LogP contribution in [-0.4, -0.2) is 11.2 Å². The second-order valence-corrected chi connectivity index (χ2v) is 2.89. The molecule has 2 heteroatoms. The van der Waals surface area contributed by atoms with Crippen LogP contribution in [0.4, 0.5) is 0 Å². The van der Waals surface area contributed by atoms with Gasteiger partial charge < -0.3 is 4.74 Å². The van der Waals surface area contributed by atoms with E-state index in [4.69, 9.17) is 17.0 Å². The lowest BCUT2D eigenvalue weighted by Crippen LogP contribution is -2.04. The summed E-state index contributed by atoms with van der Waals surface area (Å²) in [4.78, 5) is 0. The van der Waals surface area contributed by atoms with Gasteiger partial charge in [-0.1, -0.05) is 13.3 Å². The monoisotopic (exact) mass is 144 g/mol. The number of thiocarbonyl (C=S) groups is 1. The third kappa shape index (κ3) is 1.94. The Hall–Kier alpha value is -0.110. The lowest BCUT2D eigenvalue weighted by Gasteiger charge is -2.06. The third-order valence-electron chi connectivity index (χ3n) is 1.58. The molecule has 0 radical (unpaired) electrons. The zero-order chi connectivity index (χ0) is 6.69. The van der Waals surface area contributed by atoms with E-state index in [2.05, 4.69) is 6.92 Å². The van der Waals surface area contributed by atoms with Crippen LogP contribution < -0.4 is 0 Å². The second kappa shape index (κ2) is 3.16. The second-order valence-electron chi connectivity index (χ2n) is 2.44. The maximum Gasteiger partial charge on any atom is 0.160 e. The lowest BCUT2D eigenvalue weighted by atomic mass is 10.1. The Morgan fingerprint density at radius 2 is 2.56 bits per heavy atom. The van der Waals surface area contributed by atoms with Gasteiger partial charge in [0.25, 0.3) is 0 Å². The molecule has 0 amide bonds. The van der Waals surface area contributed by atoms with Crippen molar-refractivity contribution in [2.24, 2.45) is 0 Å². The van der Waals surface area contributed by atoms with E-state index in [9.17, 15) is 0 Å². The van der Waals surface area contributed by atoms with Gasteiger partial charge in [0.05, 0.1) is 6.10 Å². The molecule has 0 spiro atoms. The van der Waals surface area contributed by atoms with Crippen LogP contribution in [0.25, 0.3) is 0 Å². The van der Waals surface area contributed by atoms with Crippen LogP contribution in [0.15, 0.2) is 0 Å². The van der Waals surface area contributed by atoms with Gasteiger partial charge in [-0.15, -0.1) is 0 Å². The standard InChI is InChI=1S/C7H12OS/c1-2-3-6-4-5-7(9)8-6/h6H,2-5H2,1H3. The van der Waals surface area contributed by atoms with Crippen molar-refractivity contribution >= 4 is 17.3 Å². The summed E-state index contributed by atoms with van der Waals surface area (Å²) in [6.07, 6.45) is 4.96. The molecule has 0 aromatic heterocycles. The molecule has 0 aromatic rings. The van der Waals surface area contributed by atoms with Gasteiger partial charge in [0.1, 0.15) is 0 Å². The zero-order valence-electron chi connectivity index (χ0n) is 5.72. The largest absolute Gasteiger partial charge is 0.484 e. The minimum absolute atomic E-state index is 0.447. The normalized spacial score (nSPS) is 26.3. The van der Waals surface area contributed by atoms with Gasteiger partial charge in [-0.2, -0.15) is 0 Å². The van der Waals surface area contributed by atoms with Crippen LogP contribution in [0.5, 0.6) is 0 Å². The number of hydrogen-bond donors (Lipinski definition) is 0. The molecular formula is C7H12OS. The fourth-order valence-corrected chi connectivity index (χ4v) is 1.36. The van der Waals surface area contributed by atoms with E-state index >= 15 is 0 Å². The molecular weight excluding hydrogens is 132 g/mol. The summed E-state index contributed by atoms with van der Waals surface area (Å²) in [6.45, 7) is 2.17. The quantitative estimate of drug-likeness (QED) is 0.550. The summed E-state index contributed by atoms with van der Waals surface area (Å²) in [5.74, 6) is 0. The van der Waals surface area contributed by atoms with E-state index in [0.29, 0.717) is 6.10 Å². The first-order chi connectivity index (χ1) is 4.33. The van der Waals surface area contributed by atoms with E-state index < -0.39 is 0 Å². The first-order valence-corrected chi connectivity index (χ1v) is 3.93. The van der Waals surface area contributed by atoms with Crippen LogP contribution >= 0.6 is 12.2 Å². The summed E-state index contributed by atoms with van der Waals surface area (Å²) in [5.41, 5.74) is 0.